The topological polar surface area (TPSA) is 76.5 Å². The summed E-state index contributed by atoms with van der Waals surface area (Å²) in [6.07, 6.45) is 7.09. The fraction of sp³-hybridized carbons (Fsp3) is 0.100. The van der Waals surface area contributed by atoms with Gasteiger partial charge < -0.3 is 4.74 Å². The summed E-state index contributed by atoms with van der Waals surface area (Å²) in [5, 5.41) is 4.25. The number of benzene rings is 1. The molecule has 1 aromatic heterocycles. The molecule has 0 aliphatic carbocycles. The highest BCUT2D eigenvalue weighted by Crippen LogP contribution is 2.35. The van der Waals surface area contributed by atoms with Crippen molar-refractivity contribution in [1.82, 2.24) is 14.3 Å². The first kappa shape index (κ1) is 23.2. The van der Waals surface area contributed by atoms with Crippen molar-refractivity contribution in [3.63, 3.8) is 0 Å². The molecule has 0 radical (unpaired) electrons. The molecule has 11 heteroatoms. The van der Waals surface area contributed by atoms with E-state index in [-0.39, 0.29) is 30.2 Å². The second kappa shape index (κ2) is 10.7. The number of carbonyl (C=O) groups excluding carboxylic acids is 1. The number of allylic oxidation sites excluding steroid dienone is 2. The van der Waals surface area contributed by atoms with E-state index in [4.69, 9.17) is 4.74 Å². The van der Waals surface area contributed by atoms with Crippen molar-refractivity contribution < 1.29 is 18.1 Å². The molecular formula is C20H17FIN4O3PS. The van der Waals surface area contributed by atoms with Gasteiger partial charge in [0.1, 0.15) is 30.3 Å². The molecule has 2 aromatic rings. The van der Waals surface area contributed by atoms with Crippen molar-refractivity contribution in [2.24, 2.45) is 0 Å². The van der Waals surface area contributed by atoms with Crippen molar-refractivity contribution >= 4 is 51.2 Å². The number of hydrogen-bond donors (Lipinski definition) is 1. The molecular weight excluding hydrogens is 553 g/mol. The molecule has 31 heavy (non-hydrogen) atoms. The molecule has 1 fully saturated rings. The van der Waals surface area contributed by atoms with Crippen molar-refractivity contribution in [3.8, 4) is 17.6 Å². The van der Waals surface area contributed by atoms with Gasteiger partial charge in [-0.05, 0) is 51.7 Å². The van der Waals surface area contributed by atoms with Gasteiger partial charge >= 0.3 is 0 Å². The van der Waals surface area contributed by atoms with E-state index in [0.717, 1.165) is 4.31 Å². The van der Waals surface area contributed by atoms with Gasteiger partial charge in [-0.2, -0.15) is 5.10 Å². The Morgan fingerprint density at radius 1 is 1.42 bits per heavy atom. The summed E-state index contributed by atoms with van der Waals surface area (Å²) >= 11 is 0.259. The summed E-state index contributed by atoms with van der Waals surface area (Å²) < 4.78 is 38.6. The maximum atomic E-state index is 15.4. The summed E-state index contributed by atoms with van der Waals surface area (Å²) in [5.41, 5.74) is 1.17. The average Bonchev–Trinajstić information content (AvgIpc) is 3.35. The predicted molar refractivity (Wildman–Crippen MR) is 130 cm³/mol. The number of nitrogens with one attached hydrogen (secondary N) is 1. The number of ether oxygens (including phenoxy) is 1. The van der Waals surface area contributed by atoms with E-state index in [1.54, 1.807) is 34.9 Å². The number of amides is 1. The molecule has 1 N–H and O–H groups in total. The van der Waals surface area contributed by atoms with Crippen molar-refractivity contribution in [2.75, 3.05) is 17.5 Å². The Kier molecular flexibility index (Phi) is 8.01. The van der Waals surface area contributed by atoms with Crippen LogP contribution in [0.4, 0.5) is 10.1 Å². The Hall–Kier alpha value is -2.48. The van der Waals surface area contributed by atoms with E-state index in [1.165, 1.54) is 12.1 Å². The fourth-order valence-corrected chi connectivity index (χ4v) is 4.61. The zero-order chi connectivity index (χ0) is 22.4. The number of halogens is 2. The molecule has 160 valence electrons. The lowest BCUT2D eigenvalue weighted by molar-refractivity contribution is -0.117. The Morgan fingerprint density at radius 3 is 2.84 bits per heavy atom. The lowest BCUT2D eigenvalue weighted by Gasteiger charge is -2.20. The molecule has 1 amide bonds. The number of aromatic nitrogens is 2. The zero-order valence-corrected chi connectivity index (χ0v) is 20.1. The molecule has 0 spiro atoms. The van der Waals surface area contributed by atoms with Crippen LogP contribution < -0.4 is 13.8 Å². The number of hydrogen-bond acceptors (Lipinski definition) is 4. The monoisotopic (exact) mass is 570 g/mol. The van der Waals surface area contributed by atoms with Crippen LogP contribution in [-0.2, 0) is 16.0 Å². The Morgan fingerprint density at radius 2 is 2.23 bits per heavy atom. The van der Waals surface area contributed by atoms with Crippen molar-refractivity contribution in [1.29, 1.82) is 0 Å². The quantitative estimate of drug-likeness (QED) is 0.240. The molecule has 2 unspecified atom stereocenters. The van der Waals surface area contributed by atoms with Gasteiger partial charge in [0.15, 0.2) is 5.82 Å². The SMILES string of the molecule is C=C/C=C(\C=C)COc1ccc(C#Cc2ccn(PI)n2)c(F)c1N1CC(=O)NS1=O. The van der Waals surface area contributed by atoms with E-state index in [0.29, 0.717) is 17.6 Å². The predicted octanol–water partition coefficient (Wildman–Crippen LogP) is 3.41. The maximum absolute atomic E-state index is 15.4. The lowest BCUT2D eigenvalue weighted by Crippen LogP contribution is -2.24. The Labute approximate surface area is 196 Å². The van der Waals surface area contributed by atoms with Gasteiger partial charge in [0.05, 0.1) is 11.9 Å². The molecule has 0 bridgehead atoms. The van der Waals surface area contributed by atoms with Crippen LogP contribution in [0.2, 0.25) is 0 Å². The molecule has 1 aliphatic rings. The van der Waals surface area contributed by atoms with Gasteiger partial charge in [0.2, 0.25) is 11.2 Å². The van der Waals surface area contributed by atoms with Crippen molar-refractivity contribution in [3.05, 3.63) is 78.4 Å². The van der Waals surface area contributed by atoms with Crippen LogP contribution in [0.1, 0.15) is 11.3 Å². The second-order valence-corrected chi connectivity index (χ2v) is 9.25. The number of rotatable bonds is 7. The van der Waals surface area contributed by atoms with Gasteiger partial charge in [-0.3, -0.25) is 13.8 Å². The van der Waals surface area contributed by atoms with Crippen LogP contribution in [0.25, 0.3) is 0 Å². The van der Waals surface area contributed by atoms with E-state index in [2.05, 4.69) is 56.9 Å². The Balaban J connectivity index is 2.00. The first-order chi connectivity index (χ1) is 15.0. The Bertz CT molecular complexity index is 1160. The molecule has 2 atom stereocenters. The van der Waals surface area contributed by atoms with Crippen LogP contribution in [-0.4, -0.2) is 32.8 Å². The lowest BCUT2D eigenvalue weighted by atomic mass is 10.1. The highest BCUT2D eigenvalue weighted by atomic mass is 127. The minimum atomic E-state index is -1.93. The molecule has 1 saturated heterocycles. The fourth-order valence-electron chi connectivity index (χ4n) is 2.58. The van der Waals surface area contributed by atoms with Crippen LogP contribution in [0.5, 0.6) is 5.75 Å². The molecule has 1 aromatic carbocycles. The first-order valence-corrected chi connectivity index (χ1v) is 14.0. The van der Waals surface area contributed by atoms with Crippen LogP contribution in [0, 0.1) is 17.7 Å². The van der Waals surface area contributed by atoms with Crippen LogP contribution in [0.3, 0.4) is 0 Å². The summed E-state index contributed by atoms with van der Waals surface area (Å²) in [6, 6.07) is 4.73. The molecule has 2 heterocycles. The first-order valence-electron chi connectivity index (χ1n) is 8.79. The van der Waals surface area contributed by atoms with Crippen LogP contribution in [0.15, 0.2) is 61.4 Å². The van der Waals surface area contributed by atoms with Gasteiger partial charge in [0.25, 0.3) is 5.91 Å². The normalized spacial score (nSPS) is 16.2. The third-order valence-corrected chi connectivity index (χ3v) is 7.03. The standard InChI is InChI=1S/C20H17FIN4O3PS/c1-3-5-14(4-2)13-29-17-9-7-15(6-8-16-10-11-26(23-16)30-22)19(21)20(17)25-12-18(27)24-31(25)28/h3-5,7,9-11,30H,1-2,12-13H2,(H,24,27)/b14-5+. The highest BCUT2D eigenvalue weighted by molar-refractivity contribution is 14.2. The van der Waals surface area contributed by atoms with Crippen molar-refractivity contribution in [2.45, 2.75) is 0 Å². The third-order valence-electron chi connectivity index (χ3n) is 4.01. The summed E-state index contributed by atoms with van der Waals surface area (Å²) in [7, 11) is 0. The minimum Gasteiger partial charge on any atom is -0.487 e. The highest BCUT2D eigenvalue weighted by Gasteiger charge is 2.32. The molecule has 1 aliphatic heterocycles. The zero-order valence-electron chi connectivity index (χ0n) is 16.1. The molecule has 0 saturated carbocycles. The van der Waals surface area contributed by atoms with Gasteiger partial charge in [0, 0.05) is 6.20 Å². The van der Waals surface area contributed by atoms with Gasteiger partial charge in [-0.15, -0.1) is 0 Å². The maximum Gasteiger partial charge on any atom is 0.253 e. The van der Waals surface area contributed by atoms with E-state index < -0.39 is 22.9 Å². The summed E-state index contributed by atoms with van der Waals surface area (Å²) in [6.45, 7) is 7.14. The second-order valence-electron chi connectivity index (χ2n) is 6.04. The summed E-state index contributed by atoms with van der Waals surface area (Å²) in [5.74, 6) is 4.47. The third kappa shape index (κ3) is 5.61. The largest absolute Gasteiger partial charge is 0.487 e. The van der Waals surface area contributed by atoms with E-state index in [1.807, 2.05) is 0 Å². The van der Waals surface area contributed by atoms with E-state index in [9.17, 15) is 9.00 Å². The van der Waals surface area contributed by atoms with Gasteiger partial charge in [-0.1, -0.05) is 37.3 Å². The average molecular weight is 570 g/mol. The van der Waals surface area contributed by atoms with Gasteiger partial charge in [-0.25, -0.2) is 13.1 Å². The minimum absolute atomic E-state index is 0.0655. The number of carbonyl (C=O) groups is 1. The molecule has 3 rings (SSSR count). The summed E-state index contributed by atoms with van der Waals surface area (Å²) in [4.78, 5) is 11.7. The van der Waals surface area contributed by atoms with Crippen LogP contribution >= 0.6 is 28.4 Å². The number of anilines is 1. The molecule has 7 nitrogen and oxygen atoms in total. The van der Waals surface area contributed by atoms with E-state index >= 15 is 4.39 Å². The smallest absolute Gasteiger partial charge is 0.253 e. The number of nitrogens with zero attached hydrogens (tertiary/aromatic N) is 3.